The second-order valence-electron chi connectivity index (χ2n) is 8.95. The molecular weight excluding hydrogens is 408 g/mol. The molecular formula is C22H29F6NO. The number of halogens is 6. The summed E-state index contributed by atoms with van der Waals surface area (Å²) in [6.45, 7) is 10.5. The standard InChI is InChI=1S/C22H29F6NO/c1-6-7-19(3)8-9-20(4,29(5)13-19)14-30-15(2)16-10-17(21(23,24)25)12-18(11-16)22(26,27)28/h6,10-12,15H,1,7-9,13-14H2,2-5H3/t15-,19-,20-/m1/s1. The highest BCUT2D eigenvalue weighted by atomic mass is 19.4. The van der Waals surface area contributed by atoms with Gasteiger partial charge in [0.25, 0.3) is 0 Å². The van der Waals surface area contributed by atoms with Gasteiger partial charge in [0, 0.05) is 12.1 Å². The first kappa shape index (κ1) is 24.7. The van der Waals surface area contributed by atoms with Gasteiger partial charge >= 0.3 is 12.4 Å². The lowest BCUT2D eigenvalue weighted by Gasteiger charge is -2.50. The summed E-state index contributed by atoms with van der Waals surface area (Å²) in [6.07, 6.45) is -6.17. The summed E-state index contributed by atoms with van der Waals surface area (Å²) in [5.41, 5.74) is -3.07. The average Bonchev–Trinajstić information content (AvgIpc) is 2.62. The maximum absolute atomic E-state index is 13.1. The Hall–Kier alpha value is -1.54. The van der Waals surface area contributed by atoms with Gasteiger partial charge in [-0.25, -0.2) is 0 Å². The third kappa shape index (κ3) is 5.78. The molecule has 1 saturated heterocycles. The third-order valence-electron chi connectivity index (χ3n) is 6.17. The highest BCUT2D eigenvalue weighted by Gasteiger charge is 2.41. The van der Waals surface area contributed by atoms with Crippen molar-refractivity contribution in [3.8, 4) is 0 Å². The fourth-order valence-electron chi connectivity index (χ4n) is 3.92. The Balaban J connectivity index is 2.18. The Morgan fingerprint density at radius 1 is 1.07 bits per heavy atom. The zero-order valence-corrected chi connectivity index (χ0v) is 17.8. The molecule has 1 aliphatic rings. The van der Waals surface area contributed by atoms with Crippen LogP contribution in [0.4, 0.5) is 26.3 Å². The fraction of sp³-hybridized carbons (Fsp3) is 0.636. The van der Waals surface area contributed by atoms with Gasteiger partial charge in [-0.2, -0.15) is 26.3 Å². The largest absolute Gasteiger partial charge is 0.416 e. The summed E-state index contributed by atoms with van der Waals surface area (Å²) in [4.78, 5) is 2.15. The molecule has 0 spiro atoms. The molecule has 0 bridgehead atoms. The van der Waals surface area contributed by atoms with Gasteiger partial charge in [0.05, 0.1) is 23.8 Å². The highest BCUT2D eigenvalue weighted by molar-refractivity contribution is 5.34. The topological polar surface area (TPSA) is 12.5 Å². The van der Waals surface area contributed by atoms with Crippen LogP contribution in [-0.2, 0) is 17.1 Å². The minimum Gasteiger partial charge on any atom is -0.372 e. The van der Waals surface area contributed by atoms with Crippen LogP contribution in [0.2, 0.25) is 0 Å². The van der Waals surface area contributed by atoms with E-state index in [9.17, 15) is 26.3 Å². The van der Waals surface area contributed by atoms with E-state index in [4.69, 9.17) is 4.74 Å². The molecule has 30 heavy (non-hydrogen) atoms. The molecule has 0 saturated carbocycles. The first-order chi connectivity index (χ1) is 13.6. The summed E-state index contributed by atoms with van der Waals surface area (Å²) < 4.78 is 84.4. The minimum atomic E-state index is -4.87. The van der Waals surface area contributed by atoms with Crippen LogP contribution in [0, 0.1) is 5.41 Å². The molecule has 0 unspecified atom stereocenters. The van der Waals surface area contributed by atoms with Crippen molar-refractivity contribution in [3.63, 3.8) is 0 Å². The second-order valence-corrected chi connectivity index (χ2v) is 8.95. The lowest BCUT2D eigenvalue weighted by molar-refractivity contribution is -0.143. The summed E-state index contributed by atoms with van der Waals surface area (Å²) in [7, 11) is 1.96. The number of ether oxygens (including phenoxy) is 1. The maximum atomic E-state index is 13.1. The van der Waals surface area contributed by atoms with E-state index >= 15 is 0 Å². The number of benzene rings is 1. The molecule has 8 heteroatoms. The first-order valence-electron chi connectivity index (χ1n) is 9.83. The highest BCUT2D eigenvalue weighted by Crippen LogP contribution is 2.41. The van der Waals surface area contributed by atoms with Gasteiger partial charge in [-0.3, -0.25) is 4.90 Å². The van der Waals surface area contributed by atoms with Gasteiger partial charge in [-0.1, -0.05) is 13.0 Å². The van der Waals surface area contributed by atoms with E-state index in [0.29, 0.717) is 0 Å². The number of nitrogens with zero attached hydrogens (tertiary/aromatic N) is 1. The van der Waals surface area contributed by atoms with Crippen LogP contribution in [0.25, 0.3) is 0 Å². The van der Waals surface area contributed by atoms with Crippen LogP contribution in [-0.4, -0.2) is 30.6 Å². The molecule has 1 aromatic carbocycles. The predicted molar refractivity (Wildman–Crippen MR) is 104 cm³/mol. The number of allylic oxidation sites excluding steroid dienone is 1. The number of likely N-dealkylation sites (tertiary alicyclic amines) is 1. The number of likely N-dealkylation sites (N-methyl/N-ethyl adjacent to an activating group) is 1. The zero-order valence-electron chi connectivity index (χ0n) is 17.8. The number of rotatable bonds is 6. The van der Waals surface area contributed by atoms with Gasteiger partial charge in [-0.15, -0.1) is 6.58 Å². The SMILES string of the molecule is C=CC[C@]1(C)CC[C@](C)(CO[C@H](C)c2cc(C(F)(F)F)cc(C(F)(F)F)c2)N(C)C1. The molecule has 0 amide bonds. The number of hydrogen-bond donors (Lipinski definition) is 0. The summed E-state index contributed by atoms with van der Waals surface area (Å²) in [5, 5.41) is 0. The van der Waals surface area contributed by atoms with E-state index in [1.165, 1.54) is 6.92 Å². The van der Waals surface area contributed by atoms with Gasteiger partial charge in [0.1, 0.15) is 0 Å². The van der Waals surface area contributed by atoms with E-state index in [-0.39, 0.29) is 29.2 Å². The number of hydrogen-bond acceptors (Lipinski definition) is 2. The molecule has 2 nitrogen and oxygen atoms in total. The van der Waals surface area contributed by atoms with Gasteiger partial charge < -0.3 is 4.74 Å². The maximum Gasteiger partial charge on any atom is 0.416 e. The van der Waals surface area contributed by atoms with Crippen molar-refractivity contribution in [2.75, 3.05) is 20.2 Å². The van der Waals surface area contributed by atoms with Crippen LogP contribution in [0.1, 0.15) is 62.8 Å². The molecule has 1 aliphatic heterocycles. The second kappa shape index (κ2) is 8.54. The minimum absolute atomic E-state index is 0.0876. The monoisotopic (exact) mass is 437 g/mol. The Morgan fingerprint density at radius 2 is 1.60 bits per heavy atom. The number of alkyl halides is 6. The normalized spacial score (nSPS) is 27.1. The third-order valence-corrected chi connectivity index (χ3v) is 6.17. The van der Waals surface area contributed by atoms with Crippen LogP contribution in [0.3, 0.4) is 0 Å². The van der Waals surface area contributed by atoms with Crippen molar-refractivity contribution in [1.29, 1.82) is 0 Å². The van der Waals surface area contributed by atoms with Crippen LogP contribution >= 0.6 is 0 Å². The van der Waals surface area contributed by atoms with E-state index < -0.39 is 29.6 Å². The average molecular weight is 437 g/mol. The zero-order chi connectivity index (χ0) is 23.0. The van der Waals surface area contributed by atoms with Gasteiger partial charge in [0.15, 0.2) is 0 Å². The lowest BCUT2D eigenvalue weighted by Crippen LogP contribution is -2.55. The summed E-state index contributed by atoms with van der Waals surface area (Å²) in [6, 6.07) is 1.59. The van der Waals surface area contributed by atoms with Crippen LogP contribution in [0.5, 0.6) is 0 Å². The van der Waals surface area contributed by atoms with E-state index in [0.717, 1.165) is 37.9 Å². The Bertz CT molecular complexity index is 727. The molecule has 1 heterocycles. The van der Waals surface area contributed by atoms with Crippen molar-refractivity contribution < 1.29 is 31.1 Å². The number of piperidine rings is 1. The summed E-state index contributed by atoms with van der Waals surface area (Å²) in [5.74, 6) is 0. The molecule has 0 N–H and O–H groups in total. The summed E-state index contributed by atoms with van der Waals surface area (Å²) >= 11 is 0. The van der Waals surface area contributed by atoms with E-state index in [1.807, 2.05) is 20.0 Å². The smallest absolute Gasteiger partial charge is 0.372 e. The Kier molecular flexibility index (Phi) is 7.04. The lowest BCUT2D eigenvalue weighted by atomic mass is 9.73. The molecule has 0 aromatic heterocycles. The molecule has 2 rings (SSSR count). The van der Waals surface area contributed by atoms with Crippen molar-refractivity contribution in [2.45, 2.75) is 64.0 Å². The Labute approximate surface area is 173 Å². The first-order valence-corrected chi connectivity index (χ1v) is 9.83. The molecule has 0 aliphatic carbocycles. The predicted octanol–water partition coefficient (Wildman–Crippen LogP) is 6.87. The molecule has 170 valence electrons. The van der Waals surface area contributed by atoms with Crippen molar-refractivity contribution in [2.24, 2.45) is 5.41 Å². The van der Waals surface area contributed by atoms with E-state index in [2.05, 4.69) is 18.4 Å². The molecule has 1 aromatic rings. The van der Waals surface area contributed by atoms with Crippen molar-refractivity contribution in [1.82, 2.24) is 4.90 Å². The fourth-order valence-corrected chi connectivity index (χ4v) is 3.92. The van der Waals surface area contributed by atoms with Crippen LogP contribution in [0.15, 0.2) is 30.9 Å². The van der Waals surface area contributed by atoms with Gasteiger partial charge in [-0.05, 0) is 69.3 Å². The van der Waals surface area contributed by atoms with Crippen LogP contribution < -0.4 is 0 Å². The molecule has 1 fully saturated rings. The Morgan fingerprint density at radius 3 is 2.03 bits per heavy atom. The molecule has 3 atom stereocenters. The quantitative estimate of drug-likeness (QED) is 0.356. The van der Waals surface area contributed by atoms with Crippen molar-refractivity contribution >= 4 is 0 Å². The van der Waals surface area contributed by atoms with E-state index in [1.54, 1.807) is 0 Å². The molecule has 0 radical (unpaired) electrons. The van der Waals surface area contributed by atoms with Gasteiger partial charge in [0.2, 0.25) is 0 Å². The van der Waals surface area contributed by atoms with Crippen molar-refractivity contribution in [3.05, 3.63) is 47.5 Å².